The van der Waals surface area contributed by atoms with E-state index in [1.54, 1.807) is 28.8 Å². The highest BCUT2D eigenvalue weighted by Crippen LogP contribution is 2.19. The van der Waals surface area contributed by atoms with E-state index < -0.39 is 5.97 Å². The minimum Gasteiger partial charge on any atom is -0.464 e. The molecule has 0 bridgehead atoms. The first-order valence-electron chi connectivity index (χ1n) is 5.82. The predicted octanol–water partition coefficient (Wildman–Crippen LogP) is 1.20. The number of carbonyl (C=O) groups is 2. The number of amides is 1. The van der Waals surface area contributed by atoms with Crippen molar-refractivity contribution < 1.29 is 14.3 Å². The standard InChI is InChI=1S/C13H14N4O3/c1-8(18)16-9-3-5-10(6-4-9)17-7-15-11(12(17)14)13(19)20-2/h3-7H,14H2,1-2H3,(H,16,18). The van der Waals surface area contributed by atoms with Crippen molar-refractivity contribution in [2.45, 2.75) is 6.92 Å². The number of ether oxygens (including phenoxy) is 1. The van der Waals surface area contributed by atoms with Crippen LogP contribution in [0.25, 0.3) is 5.69 Å². The number of benzene rings is 1. The second kappa shape index (κ2) is 5.43. The van der Waals surface area contributed by atoms with Crippen LogP contribution in [0.1, 0.15) is 17.4 Å². The van der Waals surface area contributed by atoms with Gasteiger partial charge in [-0.1, -0.05) is 0 Å². The van der Waals surface area contributed by atoms with Crippen molar-refractivity contribution in [3.05, 3.63) is 36.3 Å². The van der Waals surface area contributed by atoms with Gasteiger partial charge in [-0.25, -0.2) is 9.78 Å². The summed E-state index contributed by atoms with van der Waals surface area (Å²) >= 11 is 0. The van der Waals surface area contributed by atoms with Crippen molar-refractivity contribution in [1.82, 2.24) is 9.55 Å². The van der Waals surface area contributed by atoms with Gasteiger partial charge >= 0.3 is 5.97 Å². The zero-order valence-corrected chi connectivity index (χ0v) is 11.1. The molecule has 7 heteroatoms. The minimum absolute atomic E-state index is 0.0680. The summed E-state index contributed by atoms with van der Waals surface area (Å²) in [6.45, 7) is 1.43. The van der Waals surface area contributed by atoms with Gasteiger partial charge in [-0.3, -0.25) is 9.36 Å². The molecule has 0 unspecified atom stereocenters. The Morgan fingerprint density at radius 2 is 1.95 bits per heavy atom. The molecule has 0 saturated carbocycles. The molecule has 2 rings (SSSR count). The zero-order valence-electron chi connectivity index (χ0n) is 11.1. The maximum absolute atomic E-state index is 11.4. The van der Waals surface area contributed by atoms with Crippen LogP contribution in [0.4, 0.5) is 11.5 Å². The molecule has 1 aromatic heterocycles. The van der Waals surface area contributed by atoms with Gasteiger partial charge < -0.3 is 15.8 Å². The number of carbonyl (C=O) groups excluding carboxylic acids is 2. The van der Waals surface area contributed by atoms with E-state index in [1.165, 1.54) is 20.4 Å². The highest BCUT2D eigenvalue weighted by molar-refractivity contribution is 5.92. The molecule has 0 aliphatic carbocycles. The van der Waals surface area contributed by atoms with Crippen LogP contribution < -0.4 is 11.1 Å². The molecule has 2 aromatic rings. The van der Waals surface area contributed by atoms with Crippen molar-refractivity contribution in [1.29, 1.82) is 0 Å². The number of aromatic nitrogens is 2. The summed E-state index contributed by atoms with van der Waals surface area (Å²) in [5.41, 5.74) is 7.32. The molecule has 0 spiro atoms. The summed E-state index contributed by atoms with van der Waals surface area (Å²) in [5, 5.41) is 2.66. The van der Waals surface area contributed by atoms with Crippen LogP contribution in [-0.2, 0) is 9.53 Å². The van der Waals surface area contributed by atoms with Crippen molar-refractivity contribution in [3.8, 4) is 5.69 Å². The Bertz CT molecular complexity index is 646. The van der Waals surface area contributed by atoms with Crippen LogP contribution >= 0.6 is 0 Å². The molecular formula is C13H14N4O3. The number of nitrogen functional groups attached to an aromatic ring is 1. The number of nitrogens with two attached hydrogens (primary N) is 1. The number of nitrogens with one attached hydrogen (secondary N) is 1. The molecule has 0 aliphatic rings. The summed E-state index contributed by atoms with van der Waals surface area (Å²) in [6.07, 6.45) is 1.44. The Hall–Kier alpha value is -2.83. The molecule has 20 heavy (non-hydrogen) atoms. The molecule has 104 valence electrons. The average Bonchev–Trinajstić information content (AvgIpc) is 2.80. The van der Waals surface area contributed by atoms with Crippen LogP contribution in [0.15, 0.2) is 30.6 Å². The molecule has 1 aromatic carbocycles. The number of anilines is 2. The van der Waals surface area contributed by atoms with Crippen LogP contribution in [-0.4, -0.2) is 28.5 Å². The first-order valence-corrected chi connectivity index (χ1v) is 5.82. The molecule has 1 amide bonds. The third-order valence-corrected chi connectivity index (χ3v) is 2.65. The molecule has 7 nitrogen and oxygen atoms in total. The largest absolute Gasteiger partial charge is 0.464 e. The van der Waals surface area contributed by atoms with E-state index in [-0.39, 0.29) is 17.4 Å². The molecular weight excluding hydrogens is 260 g/mol. The molecule has 3 N–H and O–H groups in total. The number of methoxy groups -OCH3 is 1. The third-order valence-electron chi connectivity index (χ3n) is 2.65. The number of imidazole rings is 1. The van der Waals surface area contributed by atoms with E-state index in [4.69, 9.17) is 5.73 Å². The fourth-order valence-electron chi connectivity index (χ4n) is 1.73. The van der Waals surface area contributed by atoms with E-state index in [1.807, 2.05) is 0 Å². The van der Waals surface area contributed by atoms with Crippen molar-refractivity contribution in [3.63, 3.8) is 0 Å². The Morgan fingerprint density at radius 3 is 2.50 bits per heavy atom. The number of hydrogen-bond acceptors (Lipinski definition) is 5. The van der Waals surface area contributed by atoms with Gasteiger partial charge in [-0.05, 0) is 24.3 Å². The van der Waals surface area contributed by atoms with Gasteiger partial charge in [0.2, 0.25) is 5.91 Å². The number of esters is 1. The third kappa shape index (κ3) is 2.61. The topological polar surface area (TPSA) is 99.2 Å². The Kier molecular flexibility index (Phi) is 3.69. The highest BCUT2D eigenvalue weighted by atomic mass is 16.5. The average molecular weight is 274 g/mol. The Balaban J connectivity index is 2.30. The molecule has 1 heterocycles. The summed E-state index contributed by atoms with van der Waals surface area (Å²) in [4.78, 5) is 26.3. The summed E-state index contributed by atoms with van der Waals surface area (Å²) in [7, 11) is 1.27. The Labute approximate surface area is 115 Å². The van der Waals surface area contributed by atoms with E-state index >= 15 is 0 Å². The van der Waals surface area contributed by atoms with Gasteiger partial charge in [0.05, 0.1) is 7.11 Å². The monoisotopic (exact) mass is 274 g/mol. The lowest BCUT2D eigenvalue weighted by atomic mass is 10.2. The Morgan fingerprint density at radius 1 is 1.30 bits per heavy atom. The zero-order chi connectivity index (χ0) is 14.7. The quantitative estimate of drug-likeness (QED) is 0.819. The second-order valence-electron chi connectivity index (χ2n) is 4.07. The van der Waals surface area contributed by atoms with Crippen molar-refractivity contribution in [2.24, 2.45) is 0 Å². The van der Waals surface area contributed by atoms with Gasteiger partial charge in [0.1, 0.15) is 12.1 Å². The second-order valence-corrected chi connectivity index (χ2v) is 4.07. The van der Waals surface area contributed by atoms with Gasteiger partial charge in [-0.2, -0.15) is 0 Å². The normalized spacial score (nSPS) is 10.1. The fraction of sp³-hybridized carbons (Fsp3) is 0.154. The lowest BCUT2D eigenvalue weighted by molar-refractivity contribution is -0.114. The van der Waals surface area contributed by atoms with E-state index in [0.29, 0.717) is 5.69 Å². The SMILES string of the molecule is COC(=O)c1ncn(-c2ccc(NC(C)=O)cc2)c1N. The van der Waals surface area contributed by atoms with Gasteiger partial charge in [0.15, 0.2) is 5.69 Å². The molecule has 0 fully saturated rings. The lowest BCUT2D eigenvalue weighted by Gasteiger charge is -2.07. The van der Waals surface area contributed by atoms with Crippen molar-refractivity contribution in [2.75, 3.05) is 18.2 Å². The van der Waals surface area contributed by atoms with E-state index in [2.05, 4.69) is 15.0 Å². The van der Waals surface area contributed by atoms with Crippen LogP contribution in [0, 0.1) is 0 Å². The van der Waals surface area contributed by atoms with Crippen LogP contribution in [0.5, 0.6) is 0 Å². The summed E-state index contributed by atoms with van der Waals surface area (Å²) in [6, 6.07) is 6.97. The number of hydrogen-bond donors (Lipinski definition) is 2. The van der Waals surface area contributed by atoms with E-state index in [0.717, 1.165) is 5.69 Å². The smallest absolute Gasteiger partial charge is 0.360 e. The highest BCUT2D eigenvalue weighted by Gasteiger charge is 2.16. The molecule has 0 aliphatic heterocycles. The molecule has 0 radical (unpaired) electrons. The maximum Gasteiger partial charge on any atom is 0.360 e. The van der Waals surface area contributed by atoms with Gasteiger partial charge in [0, 0.05) is 18.3 Å². The van der Waals surface area contributed by atoms with Crippen LogP contribution in [0.2, 0.25) is 0 Å². The number of nitrogens with zero attached hydrogens (tertiary/aromatic N) is 2. The predicted molar refractivity (Wildman–Crippen MR) is 73.6 cm³/mol. The molecule has 0 atom stereocenters. The summed E-state index contributed by atoms with van der Waals surface area (Å²) < 4.78 is 6.15. The van der Waals surface area contributed by atoms with E-state index in [9.17, 15) is 9.59 Å². The fourth-order valence-corrected chi connectivity index (χ4v) is 1.73. The minimum atomic E-state index is -0.587. The lowest BCUT2D eigenvalue weighted by Crippen LogP contribution is -2.08. The van der Waals surface area contributed by atoms with Gasteiger partial charge in [0.25, 0.3) is 0 Å². The first kappa shape index (κ1) is 13.6. The van der Waals surface area contributed by atoms with Crippen molar-refractivity contribution >= 4 is 23.4 Å². The van der Waals surface area contributed by atoms with Crippen LogP contribution in [0.3, 0.4) is 0 Å². The number of rotatable bonds is 3. The molecule has 0 saturated heterocycles. The van der Waals surface area contributed by atoms with Gasteiger partial charge in [-0.15, -0.1) is 0 Å². The maximum atomic E-state index is 11.4. The summed E-state index contributed by atoms with van der Waals surface area (Å²) in [5.74, 6) is -0.534. The first-order chi connectivity index (χ1) is 9.52.